The molecule has 1 aromatic heterocycles. The van der Waals surface area contributed by atoms with E-state index < -0.39 is 4.92 Å². The molecular formula is C22H19N3O4. The van der Waals surface area contributed by atoms with Crippen molar-refractivity contribution in [3.63, 3.8) is 0 Å². The third kappa shape index (κ3) is 3.75. The van der Waals surface area contributed by atoms with Crippen molar-refractivity contribution in [3.8, 4) is 22.9 Å². The lowest BCUT2D eigenvalue weighted by atomic mass is 10.1. The van der Waals surface area contributed by atoms with Crippen LogP contribution in [0.3, 0.4) is 0 Å². The van der Waals surface area contributed by atoms with Crippen LogP contribution in [0.15, 0.2) is 60.7 Å². The van der Waals surface area contributed by atoms with Crippen LogP contribution in [-0.4, -0.2) is 22.0 Å². The second-order valence-electron chi connectivity index (χ2n) is 6.66. The van der Waals surface area contributed by atoms with Gasteiger partial charge in [0.05, 0.1) is 23.1 Å². The summed E-state index contributed by atoms with van der Waals surface area (Å²) in [5, 5.41) is 11.7. The number of nitro groups is 1. The van der Waals surface area contributed by atoms with Crippen LogP contribution in [0, 0.1) is 17.0 Å². The summed E-state index contributed by atoms with van der Waals surface area (Å²) in [4.78, 5) is 19.0. The average molecular weight is 389 g/mol. The molecule has 0 spiro atoms. The maximum atomic E-state index is 11.7. The molecule has 4 rings (SSSR count). The fourth-order valence-corrected chi connectivity index (χ4v) is 3.09. The lowest BCUT2D eigenvalue weighted by Gasteiger charge is -2.12. The zero-order valence-electron chi connectivity index (χ0n) is 16.0. The molecule has 0 saturated heterocycles. The number of aromatic amines is 1. The standard InChI is InChI=1S/C22H19N3O4/c1-14-7-9-15(10-8-14)13-29-21-19(25(26)27)11-16(12-20(21)28-2)22-23-17-5-3-4-6-18(17)24-22/h3-12H,13H2,1-2H3,(H,23,24). The molecule has 0 radical (unpaired) electrons. The number of ether oxygens (including phenoxy) is 2. The Kier molecular flexibility index (Phi) is 4.87. The monoisotopic (exact) mass is 389 g/mol. The molecule has 0 unspecified atom stereocenters. The van der Waals surface area contributed by atoms with E-state index in [1.54, 1.807) is 6.07 Å². The van der Waals surface area contributed by atoms with Gasteiger partial charge in [0, 0.05) is 11.6 Å². The van der Waals surface area contributed by atoms with Gasteiger partial charge in [-0.2, -0.15) is 0 Å². The van der Waals surface area contributed by atoms with Crippen LogP contribution in [0.25, 0.3) is 22.4 Å². The number of benzene rings is 3. The van der Waals surface area contributed by atoms with Gasteiger partial charge in [0.15, 0.2) is 5.75 Å². The topological polar surface area (TPSA) is 90.3 Å². The van der Waals surface area contributed by atoms with Crippen molar-refractivity contribution in [2.75, 3.05) is 7.11 Å². The molecule has 0 aliphatic rings. The lowest BCUT2D eigenvalue weighted by molar-refractivity contribution is -0.386. The van der Waals surface area contributed by atoms with Crippen LogP contribution >= 0.6 is 0 Å². The highest BCUT2D eigenvalue weighted by molar-refractivity contribution is 5.80. The number of rotatable bonds is 6. The van der Waals surface area contributed by atoms with E-state index in [2.05, 4.69) is 9.97 Å². The van der Waals surface area contributed by atoms with E-state index in [0.29, 0.717) is 11.4 Å². The van der Waals surface area contributed by atoms with E-state index in [-0.39, 0.29) is 23.8 Å². The summed E-state index contributed by atoms with van der Waals surface area (Å²) in [6.07, 6.45) is 0. The van der Waals surface area contributed by atoms with Gasteiger partial charge in [-0.1, -0.05) is 42.0 Å². The van der Waals surface area contributed by atoms with Crippen molar-refractivity contribution >= 4 is 16.7 Å². The molecule has 4 aromatic rings. The van der Waals surface area contributed by atoms with Gasteiger partial charge in [0.25, 0.3) is 0 Å². The van der Waals surface area contributed by atoms with Gasteiger partial charge >= 0.3 is 5.69 Å². The minimum atomic E-state index is -0.473. The fourth-order valence-electron chi connectivity index (χ4n) is 3.09. The summed E-state index contributed by atoms with van der Waals surface area (Å²) in [6.45, 7) is 2.19. The zero-order valence-corrected chi connectivity index (χ0v) is 16.0. The molecule has 146 valence electrons. The van der Waals surface area contributed by atoms with Crippen LogP contribution in [0.2, 0.25) is 0 Å². The van der Waals surface area contributed by atoms with Crippen molar-refractivity contribution in [2.24, 2.45) is 0 Å². The van der Waals surface area contributed by atoms with Crippen LogP contribution in [0.5, 0.6) is 11.5 Å². The van der Waals surface area contributed by atoms with E-state index in [9.17, 15) is 10.1 Å². The van der Waals surface area contributed by atoms with Crippen LogP contribution < -0.4 is 9.47 Å². The van der Waals surface area contributed by atoms with Crippen molar-refractivity contribution in [2.45, 2.75) is 13.5 Å². The number of hydrogen-bond acceptors (Lipinski definition) is 5. The number of H-pyrrole nitrogens is 1. The van der Waals surface area contributed by atoms with Crippen LogP contribution in [-0.2, 0) is 6.61 Å². The molecule has 0 amide bonds. The smallest absolute Gasteiger partial charge is 0.315 e. The van der Waals surface area contributed by atoms with Gasteiger partial charge < -0.3 is 14.5 Å². The second-order valence-corrected chi connectivity index (χ2v) is 6.66. The molecule has 0 bridgehead atoms. The number of nitro benzene ring substituents is 1. The highest BCUT2D eigenvalue weighted by Gasteiger charge is 2.24. The molecule has 7 nitrogen and oxygen atoms in total. The predicted octanol–water partition coefficient (Wildman–Crippen LogP) is 5.03. The Morgan fingerprint density at radius 3 is 2.55 bits per heavy atom. The van der Waals surface area contributed by atoms with Crippen molar-refractivity contribution in [3.05, 3.63) is 81.9 Å². The number of aromatic nitrogens is 2. The highest BCUT2D eigenvalue weighted by Crippen LogP contribution is 2.41. The van der Waals surface area contributed by atoms with Crippen molar-refractivity contribution in [1.82, 2.24) is 9.97 Å². The van der Waals surface area contributed by atoms with Gasteiger partial charge in [-0.25, -0.2) is 4.98 Å². The fraction of sp³-hybridized carbons (Fsp3) is 0.136. The summed E-state index contributed by atoms with van der Waals surface area (Å²) >= 11 is 0. The molecular weight excluding hydrogens is 370 g/mol. The maximum Gasteiger partial charge on any atom is 0.315 e. The van der Waals surface area contributed by atoms with E-state index in [0.717, 1.165) is 22.2 Å². The first kappa shape index (κ1) is 18.5. The maximum absolute atomic E-state index is 11.7. The zero-order chi connectivity index (χ0) is 20.4. The van der Waals surface area contributed by atoms with Gasteiger partial charge in [-0.15, -0.1) is 0 Å². The molecule has 0 saturated carbocycles. The number of fused-ring (bicyclic) bond motifs is 1. The Balaban J connectivity index is 1.73. The molecule has 1 heterocycles. The number of aryl methyl sites for hydroxylation is 1. The van der Waals surface area contributed by atoms with Gasteiger partial charge in [-0.3, -0.25) is 10.1 Å². The molecule has 29 heavy (non-hydrogen) atoms. The van der Waals surface area contributed by atoms with E-state index >= 15 is 0 Å². The second kappa shape index (κ2) is 7.63. The Labute approximate surface area is 167 Å². The number of para-hydroxylation sites is 2. The first-order chi connectivity index (χ1) is 14.0. The molecule has 7 heteroatoms. The molecule has 0 aliphatic heterocycles. The minimum Gasteiger partial charge on any atom is -0.493 e. The highest BCUT2D eigenvalue weighted by atomic mass is 16.6. The van der Waals surface area contributed by atoms with Crippen LogP contribution in [0.1, 0.15) is 11.1 Å². The third-order valence-corrected chi connectivity index (χ3v) is 4.62. The van der Waals surface area contributed by atoms with Gasteiger partial charge in [0.2, 0.25) is 5.75 Å². The number of imidazole rings is 1. The Hall–Kier alpha value is -3.87. The summed E-state index contributed by atoms with van der Waals surface area (Å²) in [7, 11) is 1.46. The van der Waals surface area contributed by atoms with Gasteiger partial charge in [0.1, 0.15) is 12.4 Å². The first-order valence-corrected chi connectivity index (χ1v) is 9.05. The Morgan fingerprint density at radius 1 is 1.10 bits per heavy atom. The van der Waals surface area contributed by atoms with Crippen molar-refractivity contribution in [1.29, 1.82) is 0 Å². The summed E-state index contributed by atoms with van der Waals surface area (Å²) in [5.74, 6) is 0.900. The Morgan fingerprint density at radius 2 is 1.86 bits per heavy atom. The summed E-state index contributed by atoms with van der Waals surface area (Å²) < 4.78 is 11.2. The molecule has 0 fully saturated rings. The lowest BCUT2D eigenvalue weighted by Crippen LogP contribution is -2.02. The predicted molar refractivity (Wildman–Crippen MR) is 110 cm³/mol. The number of methoxy groups -OCH3 is 1. The van der Waals surface area contributed by atoms with Crippen molar-refractivity contribution < 1.29 is 14.4 Å². The number of hydrogen-bond donors (Lipinski definition) is 1. The molecule has 0 aliphatic carbocycles. The third-order valence-electron chi connectivity index (χ3n) is 4.62. The number of nitrogens with one attached hydrogen (secondary N) is 1. The minimum absolute atomic E-state index is 0.0953. The normalized spacial score (nSPS) is 10.8. The van der Waals surface area contributed by atoms with E-state index in [1.165, 1.54) is 13.2 Å². The molecule has 3 aromatic carbocycles. The quantitative estimate of drug-likeness (QED) is 0.369. The summed E-state index contributed by atoms with van der Waals surface area (Å²) in [5.41, 5.74) is 4.05. The average Bonchev–Trinajstić information content (AvgIpc) is 3.17. The van der Waals surface area contributed by atoms with E-state index in [1.807, 2.05) is 55.5 Å². The molecule has 1 N–H and O–H groups in total. The van der Waals surface area contributed by atoms with Gasteiger partial charge in [-0.05, 0) is 30.7 Å². The molecule has 0 atom stereocenters. The first-order valence-electron chi connectivity index (χ1n) is 9.05. The Bertz CT molecular complexity index is 1150. The number of nitrogens with zero attached hydrogens (tertiary/aromatic N) is 2. The van der Waals surface area contributed by atoms with Crippen LogP contribution in [0.4, 0.5) is 5.69 Å². The summed E-state index contributed by atoms with van der Waals surface area (Å²) in [6, 6.07) is 18.5. The largest absolute Gasteiger partial charge is 0.493 e. The SMILES string of the molecule is COc1cc(-c2nc3ccccc3[nH]2)cc([N+](=O)[O-])c1OCc1ccc(C)cc1. The van der Waals surface area contributed by atoms with E-state index in [4.69, 9.17) is 9.47 Å².